The maximum atomic E-state index is 12.2. The molecule has 0 aliphatic heterocycles. The number of furan rings is 1. The van der Waals surface area contributed by atoms with E-state index in [0.717, 1.165) is 5.56 Å². The number of hydrogen-bond donors (Lipinski definition) is 2. The summed E-state index contributed by atoms with van der Waals surface area (Å²) in [4.78, 5) is 23.3. The summed E-state index contributed by atoms with van der Waals surface area (Å²) in [5.41, 5.74) is 2.05. The molecule has 0 saturated carbocycles. The summed E-state index contributed by atoms with van der Waals surface area (Å²) in [6, 6.07) is 6.52. The standard InChI is InChI=1S/C16H17NO4/c1-9(2)12-6-7-21-14(12)15(18)17-11-5-4-10(3)13(8-11)16(19)20/h4-9H,1-3H3,(H,17,18)(H,19,20). The average Bonchev–Trinajstić information content (AvgIpc) is 2.90. The monoisotopic (exact) mass is 287 g/mol. The van der Waals surface area contributed by atoms with E-state index in [1.165, 1.54) is 12.3 Å². The second-order valence-electron chi connectivity index (χ2n) is 5.15. The zero-order valence-corrected chi connectivity index (χ0v) is 12.1. The molecule has 0 unspecified atom stereocenters. The van der Waals surface area contributed by atoms with Gasteiger partial charge in [-0.3, -0.25) is 4.79 Å². The molecule has 1 heterocycles. The van der Waals surface area contributed by atoms with E-state index in [9.17, 15) is 9.59 Å². The van der Waals surface area contributed by atoms with Crippen LogP contribution in [0.15, 0.2) is 34.9 Å². The molecule has 21 heavy (non-hydrogen) atoms. The van der Waals surface area contributed by atoms with Gasteiger partial charge in [0.05, 0.1) is 11.8 Å². The summed E-state index contributed by atoms with van der Waals surface area (Å²) in [6.07, 6.45) is 1.47. The zero-order chi connectivity index (χ0) is 15.6. The van der Waals surface area contributed by atoms with E-state index >= 15 is 0 Å². The molecule has 1 amide bonds. The van der Waals surface area contributed by atoms with E-state index in [2.05, 4.69) is 5.32 Å². The molecule has 1 aromatic heterocycles. The quantitative estimate of drug-likeness (QED) is 0.899. The van der Waals surface area contributed by atoms with Gasteiger partial charge in [0.25, 0.3) is 5.91 Å². The van der Waals surface area contributed by atoms with Crippen molar-refractivity contribution in [3.63, 3.8) is 0 Å². The van der Waals surface area contributed by atoms with E-state index in [1.807, 2.05) is 13.8 Å². The maximum Gasteiger partial charge on any atom is 0.336 e. The Bertz CT molecular complexity index is 685. The van der Waals surface area contributed by atoms with Crippen molar-refractivity contribution in [1.29, 1.82) is 0 Å². The topological polar surface area (TPSA) is 79.5 Å². The number of carboxylic acids is 1. The van der Waals surface area contributed by atoms with Gasteiger partial charge in [-0.2, -0.15) is 0 Å². The van der Waals surface area contributed by atoms with Crippen LogP contribution in [0.5, 0.6) is 0 Å². The Morgan fingerprint density at radius 1 is 1.24 bits per heavy atom. The predicted molar refractivity (Wildman–Crippen MR) is 78.9 cm³/mol. The fraction of sp³-hybridized carbons (Fsp3) is 0.250. The molecule has 5 nitrogen and oxygen atoms in total. The van der Waals surface area contributed by atoms with Gasteiger partial charge in [-0.15, -0.1) is 0 Å². The maximum absolute atomic E-state index is 12.2. The molecule has 0 spiro atoms. The second-order valence-corrected chi connectivity index (χ2v) is 5.15. The van der Waals surface area contributed by atoms with Crippen LogP contribution in [0.2, 0.25) is 0 Å². The van der Waals surface area contributed by atoms with Crippen LogP contribution in [0.1, 0.15) is 51.8 Å². The fourth-order valence-corrected chi connectivity index (χ4v) is 2.08. The predicted octanol–water partition coefficient (Wildman–Crippen LogP) is 3.66. The summed E-state index contributed by atoms with van der Waals surface area (Å²) in [7, 11) is 0. The highest BCUT2D eigenvalue weighted by Crippen LogP contribution is 2.22. The third-order valence-corrected chi connectivity index (χ3v) is 3.25. The lowest BCUT2D eigenvalue weighted by molar-refractivity contribution is 0.0695. The van der Waals surface area contributed by atoms with Crippen molar-refractivity contribution in [2.75, 3.05) is 5.32 Å². The lowest BCUT2D eigenvalue weighted by atomic mass is 10.0. The number of aryl methyl sites for hydroxylation is 1. The molecular formula is C16H17NO4. The number of rotatable bonds is 4. The van der Waals surface area contributed by atoms with Crippen LogP contribution in [0.25, 0.3) is 0 Å². The highest BCUT2D eigenvalue weighted by Gasteiger charge is 2.18. The number of benzene rings is 1. The molecule has 0 radical (unpaired) electrons. The smallest absolute Gasteiger partial charge is 0.336 e. The summed E-state index contributed by atoms with van der Waals surface area (Å²) in [5, 5.41) is 11.8. The third-order valence-electron chi connectivity index (χ3n) is 3.25. The Hall–Kier alpha value is -2.56. The molecule has 2 aromatic rings. The van der Waals surface area contributed by atoms with E-state index < -0.39 is 5.97 Å². The van der Waals surface area contributed by atoms with Gasteiger partial charge < -0.3 is 14.8 Å². The number of amides is 1. The first-order chi connectivity index (χ1) is 9.90. The molecule has 5 heteroatoms. The van der Waals surface area contributed by atoms with Crippen LogP contribution in [-0.4, -0.2) is 17.0 Å². The van der Waals surface area contributed by atoms with Crippen molar-refractivity contribution >= 4 is 17.6 Å². The summed E-state index contributed by atoms with van der Waals surface area (Å²) in [6.45, 7) is 5.64. The SMILES string of the molecule is Cc1ccc(NC(=O)c2occc2C(C)C)cc1C(=O)O. The van der Waals surface area contributed by atoms with Crippen LogP contribution in [-0.2, 0) is 0 Å². The first kappa shape index (κ1) is 14.8. The minimum atomic E-state index is -1.02. The van der Waals surface area contributed by atoms with E-state index in [0.29, 0.717) is 11.3 Å². The molecule has 2 rings (SSSR count). The molecule has 0 bridgehead atoms. The van der Waals surface area contributed by atoms with Crippen molar-refractivity contribution in [2.45, 2.75) is 26.7 Å². The number of aromatic carboxylic acids is 1. The van der Waals surface area contributed by atoms with Crippen molar-refractivity contribution in [2.24, 2.45) is 0 Å². The highest BCUT2D eigenvalue weighted by atomic mass is 16.4. The Kier molecular flexibility index (Phi) is 4.12. The van der Waals surface area contributed by atoms with Gasteiger partial charge in [-0.1, -0.05) is 19.9 Å². The number of carbonyl (C=O) groups is 2. The molecule has 1 aromatic carbocycles. The van der Waals surface area contributed by atoms with Crippen LogP contribution < -0.4 is 5.32 Å². The Morgan fingerprint density at radius 3 is 2.57 bits per heavy atom. The molecule has 0 aliphatic carbocycles. The lowest BCUT2D eigenvalue weighted by Gasteiger charge is -2.09. The van der Waals surface area contributed by atoms with Crippen molar-refractivity contribution < 1.29 is 19.1 Å². The number of hydrogen-bond acceptors (Lipinski definition) is 3. The summed E-state index contributed by atoms with van der Waals surface area (Å²) in [5.74, 6) is -0.993. The van der Waals surface area contributed by atoms with Gasteiger partial charge in [-0.25, -0.2) is 4.79 Å². The van der Waals surface area contributed by atoms with Gasteiger partial charge in [-0.05, 0) is 36.6 Å². The minimum Gasteiger partial charge on any atom is -0.478 e. The molecule has 0 saturated heterocycles. The number of nitrogens with one attached hydrogen (secondary N) is 1. The summed E-state index contributed by atoms with van der Waals surface area (Å²) < 4.78 is 5.23. The van der Waals surface area contributed by atoms with Gasteiger partial charge in [0.2, 0.25) is 0 Å². The molecular weight excluding hydrogens is 270 g/mol. The number of carbonyl (C=O) groups excluding carboxylic acids is 1. The number of carboxylic acid groups (broad SMARTS) is 1. The normalized spacial score (nSPS) is 10.7. The van der Waals surface area contributed by atoms with Crippen LogP contribution in [0.3, 0.4) is 0 Å². The number of anilines is 1. The van der Waals surface area contributed by atoms with Crippen molar-refractivity contribution in [3.05, 3.63) is 53.0 Å². The van der Waals surface area contributed by atoms with Crippen LogP contribution in [0.4, 0.5) is 5.69 Å². The van der Waals surface area contributed by atoms with E-state index in [1.54, 1.807) is 25.1 Å². The Morgan fingerprint density at radius 2 is 1.95 bits per heavy atom. The van der Waals surface area contributed by atoms with Crippen LogP contribution in [0, 0.1) is 6.92 Å². The van der Waals surface area contributed by atoms with E-state index in [-0.39, 0.29) is 23.1 Å². The lowest BCUT2D eigenvalue weighted by Crippen LogP contribution is -2.14. The van der Waals surface area contributed by atoms with Crippen molar-refractivity contribution in [1.82, 2.24) is 0 Å². The third kappa shape index (κ3) is 3.13. The Labute approximate surface area is 122 Å². The average molecular weight is 287 g/mol. The molecule has 0 fully saturated rings. The summed E-state index contributed by atoms with van der Waals surface area (Å²) >= 11 is 0. The molecule has 110 valence electrons. The fourth-order valence-electron chi connectivity index (χ4n) is 2.08. The highest BCUT2D eigenvalue weighted by molar-refractivity contribution is 6.04. The molecule has 0 atom stereocenters. The largest absolute Gasteiger partial charge is 0.478 e. The van der Waals surface area contributed by atoms with Crippen molar-refractivity contribution in [3.8, 4) is 0 Å². The molecule has 0 aliphatic rings. The Balaban J connectivity index is 2.26. The van der Waals surface area contributed by atoms with Crippen LogP contribution >= 0.6 is 0 Å². The molecule has 2 N–H and O–H groups in total. The zero-order valence-electron chi connectivity index (χ0n) is 12.1. The minimum absolute atomic E-state index is 0.163. The first-order valence-corrected chi connectivity index (χ1v) is 6.63. The first-order valence-electron chi connectivity index (χ1n) is 6.63. The van der Waals surface area contributed by atoms with Gasteiger partial charge in [0.1, 0.15) is 0 Å². The van der Waals surface area contributed by atoms with E-state index in [4.69, 9.17) is 9.52 Å². The van der Waals surface area contributed by atoms with Gasteiger partial charge in [0, 0.05) is 11.3 Å². The second kappa shape index (κ2) is 5.83. The van der Waals surface area contributed by atoms with Gasteiger partial charge in [0.15, 0.2) is 5.76 Å². The van der Waals surface area contributed by atoms with Gasteiger partial charge >= 0.3 is 5.97 Å².